The second-order valence-electron chi connectivity index (χ2n) is 5.70. The first-order valence-electron chi connectivity index (χ1n) is 7.25. The van der Waals surface area contributed by atoms with Gasteiger partial charge in [0.1, 0.15) is 6.04 Å². The summed E-state index contributed by atoms with van der Waals surface area (Å²) in [5.74, 6) is -1.21. The molecule has 1 aliphatic heterocycles. The third kappa shape index (κ3) is 2.13. The van der Waals surface area contributed by atoms with Gasteiger partial charge in [0.15, 0.2) is 5.65 Å². The Morgan fingerprint density at radius 3 is 2.73 bits per heavy atom. The molecule has 7 heteroatoms. The zero-order valence-electron chi connectivity index (χ0n) is 12.8. The summed E-state index contributed by atoms with van der Waals surface area (Å²) in [5.41, 5.74) is 2.58. The van der Waals surface area contributed by atoms with Crippen LogP contribution in [0.4, 0.5) is 0 Å². The maximum absolute atomic E-state index is 12.7. The van der Waals surface area contributed by atoms with Crippen molar-refractivity contribution in [3.63, 3.8) is 0 Å². The SMILES string of the molecule is Cc1nc2c(cc1C(=O)N1CCC[C@H]1C(=O)O)c(C)nn2C. The van der Waals surface area contributed by atoms with E-state index in [9.17, 15) is 14.7 Å². The zero-order chi connectivity index (χ0) is 16.0. The van der Waals surface area contributed by atoms with E-state index in [1.807, 2.05) is 14.0 Å². The fraction of sp³-hybridized carbons (Fsp3) is 0.467. The van der Waals surface area contributed by atoms with E-state index in [4.69, 9.17) is 0 Å². The molecule has 0 aromatic carbocycles. The lowest BCUT2D eigenvalue weighted by Crippen LogP contribution is -2.40. The topological polar surface area (TPSA) is 88.3 Å². The van der Waals surface area contributed by atoms with E-state index < -0.39 is 12.0 Å². The summed E-state index contributed by atoms with van der Waals surface area (Å²) >= 11 is 0. The van der Waals surface area contributed by atoms with Crippen molar-refractivity contribution in [2.24, 2.45) is 7.05 Å². The van der Waals surface area contributed by atoms with Gasteiger partial charge in [-0.15, -0.1) is 0 Å². The Hall–Kier alpha value is -2.44. The summed E-state index contributed by atoms with van der Waals surface area (Å²) in [6.45, 7) is 4.10. The first-order valence-corrected chi connectivity index (χ1v) is 7.25. The number of nitrogens with zero attached hydrogens (tertiary/aromatic N) is 4. The van der Waals surface area contributed by atoms with E-state index in [0.29, 0.717) is 30.6 Å². The molecular formula is C15H18N4O3. The average Bonchev–Trinajstić information content (AvgIpc) is 3.04. The lowest BCUT2D eigenvalue weighted by Gasteiger charge is -2.22. The maximum Gasteiger partial charge on any atom is 0.326 e. The number of aromatic nitrogens is 3. The lowest BCUT2D eigenvalue weighted by atomic mass is 10.1. The van der Waals surface area contributed by atoms with Crippen LogP contribution in [0.25, 0.3) is 11.0 Å². The van der Waals surface area contributed by atoms with Gasteiger partial charge >= 0.3 is 5.97 Å². The minimum Gasteiger partial charge on any atom is -0.480 e. The maximum atomic E-state index is 12.7. The molecule has 3 rings (SSSR count). The van der Waals surface area contributed by atoms with Crippen molar-refractivity contribution in [2.45, 2.75) is 32.7 Å². The van der Waals surface area contributed by atoms with E-state index >= 15 is 0 Å². The number of hydrogen-bond donors (Lipinski definition) is 1. The van der Waals surface area contributed by atoms with Crippen molar-refractivity contribution in [2.75, 3.05) is 6.54 Å². The van der Waals surface area contributed by atoms with Gasteiger partial charge in [-0.3, -0.25) is 9.48 Å². The largest absolute Gasteiger partial charge is 0.480 e. The van der Waals surface area contributed by atoms with Crippen molar-refractivity contribution in [3.05, 3.63) is 23.0 Å². The minimum atomic E-state index is -0.949. The molecule has 0 saturated carbocycles. The third-order valence-electron chi connectivity index (χ3n) is 4.22. The highest BCUT2D eigenvalue weighted by atomic mass is 16.4. The van der Waals surface area contributed by atoms with Crippen molar-refractivity contribution in [1.29, 1.82) is 0 Å². The second kappa shape index (κ2) is 5.08. The van der Waals surface area contributed by atoms with Gasteiger partial charge in [-0.2, -0.15) is 5.10 Å². The number of carbonyl (C=O) groups is 2. The first kappa shape index (κ1) is 14.5. The van der Waals surface area contributed by atoms with Crippen LogP contribution in [0, 0.1) is 13.8 Å². The monoisotopic (exact) mass is 302 g/mol. The number of carboxylic acids is 1. The van der Waals surface area contributed by atoms with Gasteiger partial charge in [0.2, 0.25) is 0 Å². The molecule has 3 heterocycles. The Bertz CT molecular complexity index is 781. The van der Waals surface area contributed by atoms with Crippen LogP contribution in [0.15, 0.2) is 6.07 Å². The van der Waals surface area contributed by atoms with Crippen LogP contribution in [0.3, 0.4) is 0 Å². The molecule has 1 aliphatic rings. The molecule has 2 aromatic heterocycles. The highest BCUT2D eigenvalue weighted by Gasteiger charge is 2.35. The summed E-state index contributed by atoms with van der Waals surface area (Å²) in [5, 5.41) is 14.4. The summed E-state index contributed by atoms with van der Waals surface area (Å²) in [6, 6.07) is 1.04. The van der Waals surface area contributed by atoms with E-state index in [1.54, 1.807) is 17.7 Å². The van der Waals surface area contributed by atoms with Crippen molar-refractivity contribution < 1.29 is 14.7 Å². The van der Waals surface area contributed by atoms with E-state index in [-0.39, 0.29) is 5.91 Å². The molecule has 0 aliphatic carbocycles. The van der Waals surface area contributed by atoms with Crippen LogP contribution >= 0.6 is 0 Å². The van der Waals surface area contributed by atoms with Crippen LogP contribution in [0.5, 0.6) is 0 Å². The Labute approximate surface area is 127 Å². The highest BCUT2D eigenvalue weighted by Crippen LogP contribution is 2.24. The second-order valence-corrected chi connectivity index (χ2v) is 5.70. The Morgan fingerprint density at radius 2 is 2.05 bits per heavy atom. The van der Waals surface area contributed by atoms with Gasteiger partial charge in [-0.1, -0.05) is 0 Å². The van der Waals surface area contributed by atoms with E-state index in [0.717, 1.165) is 16.7 Å². The number of carbonyl (C=O) groups excluding carboxylic acids is 1. The van der Waals surface area contributed by atoms with Crippen LogP contribution in [0.2, 0.25) is 0 Å². The number of fused-ring (bicyclic) bond motifs is 1. The van der Waals surface area contributed by atoms with Gasteiger partial charge < -0.3 is 10.0 Å². The summed E-state index contributed by atoms with van der Waals surface area (Å²) in [7, 11) is 1.81. The fourth-order valence-electron chi connectivity index (χ4n) is 3.07. The first-order chi connectivity index (χ1) is 10.4. The summed E-state index contributed by atoms with van der Waals surface area (Å²) in [6.07, 6.45) is 1.21. The van der Waals surface area contributed by atoms with Crippen molar-refractivity contribution in [3.8, 4) is 0 Å². The quantitative estimate of drug-likeness (QED) is 0.902. The van der Waals surface area contributed by atoms with Crippen molar-refractivity contribution >= 4 is 22.9 Å². The molecule has 116 valence electrons. The molecule has 2 aromatic rings. The molecule has 22 heavy (non-hydrogen) atoms. The number of hydrogen-bond acceptors (Lipinski definition) is 4. The van der Waals surface area contributed by atoms with Crippen LogP contribution in [0.1, 0.15) is 34.6 Å². The molecule has 1 atom stereocenters. The number of likely N-dealkylation sites (tertiary alicyclic amines) is 1. The molecule has 1 N–H and O–H groups in total. The zero-order valence-corrected chi connectivity index (χ0v) is 12.8. The predicted octanol–water partition coefficient (Wildman–Crippen LogP) is 1.27. The van der Waals surface area contributed by atoms with E-state index in [2.05, 4.69) is 10.1 Å². The number of rotatable bonds is 2. The van der Waals surface area contributed by atoms with Gasteiger partial charge in [-0.05, 0) is 32.8 Å². The van der Waals surface area contributed by atoms with Crippen molar-refractivity contribution in [1.82, 2.24) is 19.7 Å². The number of aliphatic carboxylic acids is 1. The number of amides is 1. The molecule has 0 bridgehead atoms. The molecule has 1 fully saturated rings. The predicted molar refractivity (Wildman–Crippen MR) is 79.7 cm³/mol. The fourth-order valence-corrected chi connectivity index (χ4v) is 3.07. The average molecular weight is 302 g/mol. The molecule has 0 radical (unpaired) electrons. The lowest BCUT2D eigenvalue weighted by molar-refractivity contribution is -0.141. The van der Waals surface area contributed by atoms with E-state index in [1.165, 1.54) is 4.90 Å². The molecule has 7 nitrogen and oxygen atoms in total. The molecule has 0 unspecified atom stereocenters. The Balaban J connectivity index is 2.06. The van der Waals surface area contributed by atoms with Crippen LogP contribution in [-0.4, -0.2) is 49.2 Å². The standard InChI is InChI=1S/C15H18N4O3/c1-8-11(7-10-9(2)17-18(3)13(10)16-8)14(20)19-6-4-5-12(19)15(21)22/h7,12H,4-6H2,1-3H3,(H,21,22)/t12-/m0/s1. The summed E-state index contributed by atoms with van der Waals surface area (Å²) in [4.78, 5) is 29.9. The number of pyridine rings is 1. The van der Waals surface area contributed by atoms with Gasteiger partial charge in [0, 0.05) is 19.0 Å². The molecular weight excluding hydrogens is 284 g/mol. The highest BCUT2D eigenvalue weighted by molar-refractivity contribution is 6.00. The normalized spacial score (nSPS) is 18.1. The van der Waals surface area contributed by atoms with Gasteiger partial charge in [0.05, 0.1) is 17.0 Å². The third-order valence-corrected chi connectivity index (χ3v) is 4.22. The Morgan fingerprint density at radius 1 is 1.32 bits per heavy atom. The van der Waals surface area contributed by atoms with Crippen LogP contribution in [-0.2, 0) is 11.8 Å². The minimum absolute atomic E-state index is 0.264. The molecule has 1 amide bonds. The van der Waals surface area contributed by atoms with Gasteiger partial charge in [-0.25, -0.2) is 9.78 Å². The molecule has 0 spiro atoms. The van der Waals surface area contributed by atoms with Gasteiger partial charge in [0.25, 0.3) is 5.91 Å². The number of carboxylic acid groups (broad SMARTS) is 1. The number of aryl methyl sites for hydroxylation is 3. The van der Waals surface area contributed by atoms with Crippen LogP contribution < -0.4 is 0 Å². The Kier molecular flexibility index (Phi) is 3.35. The molecule has 1 saturated heterocycles. The smallest absolute Gasteiger partial charge is 0.326 e. The summed E-state index contributed by atoms with van der Waals surface area (Å²) < 4.78 is 1.68.